The second-order valence-electron chi connectivity index (χ2n) is 5.15. The van der Waals surface area contributed by atoms with Crippen molar-refractivity contribution in [1.29, 1.82) is 0 Å². The SMILES string of the molecule is CSc1c(F)cc(NC(=O)NC2CCN(C)CC2)cc1F. The van der Waals surface area contributed by atoms with E-state index >= 15 is 0 Å². The minimum absolute atomic E-state index is 0.0451. The molecule has 1 fully saturated rings. The number of carbonyl (C=O) groups excluding carboxylic acids is 1. The lowest BCUT2D eigenvalue weighted by atomic mass is 10.1. The summed E-state index contributed by atoms with van der Waals surface area (Å²) in [5.41, 5.74) is 0.119. The molecule has 0 radical (unpaired) electrons. The topological polar surface area (TPSA) is 44.4 Å². The van der Waals surface area contributed by atoms with E-state index in [-0.39, 0.29) is 16.6 Å². The van der Waals surface area contributed by atoms with Gasteiger partial charge in [-0.3, -0.25) is 0 Å². The molecule has 7 heteroatoms. The van der Waals surface area contributed by atoms with Gasteiger partial charge in [0, 0.05) is 11.7 Å². The van der Waals surface area contributed by atoms with Crippen molar-refractivity contribution in [2.24, 2.45) is 0 Å². The van der Waals surface area contributed by atoms with E-state index in [1.54, 1.807) is 6.26 Å². The molecule has 1 saturated heterocycles. The summed E-state index contributed by atoms with van der Waals surface area (Å²) in [6, 6.07) is 1.92. The molecule has 0 aromatic heterocycles. The van der Waals surface area contributed by atoms with Gasteiger partial charge in [0.2, 0.25) is 0 Å². The maximum Gasteiger partial charge on any atom is 0.319 e. The van der Waals surface area contributed by atoms with E-state index in [1.165, 1.54) is 0 Å². The summed E-state index contributed by atoms with van der Waals surface area (Å²) in [5.74, 6) is -1.34. The zero-order chi connectivity index (χ0) is 15.4. The molecule has 0 aliphatic carbocycles. The fourth-order valence-corrected chi connectivity index (χ4v) is 2.84. The highest BCUT2D eigenvalue weighted by Gasteiger charge is 2.19. The minimum Gasteiger partial charge on any atom is -0.335 e. The van der Waals surface area contributed by atoms with Gasteiger partial charge in [0.25, 0.3) is 0 Å². The minimum atomic E-state index is -0.669. The molecule has 116 valence electrons. The van der Waals surface area contributed by atoms with Gasteiger partial charge in [0.05, 0.1) is 4.90 Å². The van der Waals surface area contributed by atoms with Gasteiger partial charge >= 0.3 is 6.03 Å². The van der Waals surface area contributed by atoms with Crippen molar-refractivity contribution in [2.75, 3.05) is 31.7 Å². The van der Waals surface area contributed by atoms with Crippen LogP contribution < -0.4 is 10.6 Å². The molecule has 4 nitrogen and oxygen atoms in total. The predicted molar refractivity (Wildman–Crippen MR) is 80.8 cm³/mol. The first-order valence-electron chi connectivity index (χ1n) is 6.78. The highest BCUT2D eigenvalue weighted by atomic mass is 32.2. The Morgan fingerprint density at radius 1 is 1.29 bits per heavy atom. The highest BCUT2D eigenvalue weighted by Crippen LogP contribution is 2.26. The molecule has 1 aromatic carbocycles. The Hall–Kier alpha value is -1.34. The van der Waals surface area contributed by atoms with Gasteiger partial charge in [-0.15, -0.1) is 11.8 Å². The zero-order valence-electron chi connectivity index (χ0n) is 12.1. The first kappa shape index (κ1) is 16.0. The van der Waals surface area contributed by atoms with Crippen molar-refractivity contribution in [3.63, 3.8) is 0 Å². The number of rotatable bonds is 3. The number of halogens is 2. The number of benzene rings is 1. The summed E-state index contributed by atoms with van der Waals surface area (Å²) < 4.78 is 27.3. The van der Waals surface area contributed by atoms with Gasteiger partial charge in [0.1, 0.15) is 11.6 Å². The van der Waals surface area contributed by atoms with Crippen LogP contribution in [0.1, 0.15) is 12.8 Å². The van der Waals surface area contributed by atoms with Gasteiger partial charge < -0.3 is 15.5 Å². The summed E-state index contributed by atoms with van der Waals surface area (Å²) in [6.45, 7) is 1.85. The fourth-order valence-electron chi connectivity index (χ4n) is 2.33. The lowest BCUT2D eigenvalue weighted by molar-refractivity contribution is 0.221. The van der Waals surface area contributed by atoms with E-state index in [0.717, 1.165) is 49.8 Å². The van der Waals surface area contributed by atoms with E-state index < -0.39 is 17.7 Å². The molecule has 0 saturated carbocycles. The van der Waals surface area contributed by atoms with E-state index in [0.29, 0.717) is 0 Å². The molecule has 0 atom stereocenters. The van der Waals surface area contributed by atoms with Crippen molar-refractivity contribution < 1.29 is 13.6 Å². The Labute approximate surface area is 127 Å². The molecule has 1 aliphatic rings. The van der Waals surface area contributed by atoms with Crippen LogP contribution in [0.25, 0.3) is 0 Å². The number of piperidine rings is 1. The van der Waals surface area contributed by atoms with E-state index in [4.69, 9.17) is 0 Å². The summed E-state index contributed by atoms with van der Waals surface area (Å²) in [5, 5.41) is 5.31. The summed E-state index contributed by atoms with van der Waals surface area (Å²) in [4.78, 5) is 14.0. The van der Waals surface area contributed by atoms with E-state index in [1.807, 2.05) is 7.05 Å². The van der Waals surface area contributed by atoms with Crippen LogP contribution in [0, 0.1) is 11.6 Å². The molecule has 2 amide bonds. The number of anilines is 1. The van der Waals surface area contributed by atoms with E-state index in [9.17, 15) is 13.6 Å². The molecule has 1 aromatic rings. The normalized spacial score (nSPS) is 16.8. The highest BCUT2D eigenvalue weighted by molar-refractivity contribution is 7.98. The van der Waals surface area contributed by atoms with Crippen LogP contribution in [-0.2, 0) is 0 Å². The quantitative estimate of drug-likeness (QED) is 0.843. The Morgan fingerprint density at radius 3 is 2.38 bits per heavy atom. The molecule has 0 unspecified atom stereocenters. The van der Waals surface area contributed by atoms with Crippen LogP contribution in [0.2, 0.25) is 0 Å². The summed E-state index contributed by atoms with van der Waals surface area (Å²) in [7, 11) is 2.04. The number of nitrogens with one attached hydrogen (secondary N) is 2. The molecule has 2 N–H and O–H groups in total. The van der Waals surface area contributed by atoms with Crippen LogP contribution in [0.4, 0.5) is 19.3 Å². The van der Waals surface area contributed by atoms with Crippen LogP contribution in [-0.4, -0.2) is 43.4 Å². The van der Waals surface area contributed by atoms with Gasteiger partial charge in [-0.1, -0.05) is 0 Å². The molecule has 0 bridgehead atoms. The van der Waals surface area contributed by atoms with Gasteiger partial charge in [-0.2, -0.15) is 0 Å². The number of thioether (sulfide) groups is 1. The smallest absolute Gasteiger partial charge is 0.319 e. The standard InChI is InChI=1S/C14H19F2N3OS/c1-19-5-3-9(4-6-19)17-14(20)18-10-7-11(15)13(21-2)12(16)8-10/h7-9H,3-6H2,1-2H3,(H2,17,18,20). The maximum absolute atomic E-state index is 13.6. The van der Waals surface area contributed by atoms with E-state index in [2.05, 4.69) is 15.5 Å². The van der Waals surface area contributed by atoms with Gasteiger partial charge in [0.15, 0.2) is 0 Å². The monoisotopic (exact) mass is 315 g/mol. The first-order chi connectivity index (χ1) is 9.99. The van der Waals surface area contributed by atoms with Crippen molar-refractivity contribution in [1.82, 2.24) is 10.2 Å². The van der Waals surface area contributed by atoms with Crippen LogP contribution in [0.5, 0.6) is 0 Å². The van der Waals surface area contributed by atoms with Crippen molar-refractivity contribution in [3.05, 3.63) is 23.8 Å². The number of hydrogen-bond donors (Lipinski definition) is 2. The molecular formula is C14H19F2N3OS. The zero-order valence-corrected chi connectivity index (χ0v) is 12.9. The summed E-state index contributed by atoms with van der Waals surface area (Å²) in [6.07, 6.45) is 3.34. The number of amides is 2. The van der Waals surface area contributed by atoms with Gasteiger partial charge in [-0.05, 0) is 51.4 Å². The maximum atomic E-state index is 13.6. The first-order valence-corrected chi connectivity index (χ1v) is 8.01. The molecular weight excluding hydrogens is 296 g/mol. The Bertz CT molecular complexity index is 496. The van der Waals surface area contributed by atoms with Crippen molar-refractivity contribution in [3.8, 4) is 0 Å². The summed E-state index contributed by atoms with van der Waals surface area (Å²) >= 11 is 0.995. The van der Waals surface area contributed by atoms with Gasteiger partial charge in [-0.25, -0.2) is 13.6 Å². The third-order valence-electron chi connectivity index (χ3n) is 3.51. The lowest BCUT2D eigenvalue weighted by Crippen LogP contribution is -2.44. The molecule has 0 spiro atoms. The largest absolute Gasteiger partial charge is 0.335 e. The number of carbonyl (C=O) groups is 1. The van der Waals surface area contributed by atoms with Crippen molar-refractivity contribution in [2.45, 2.75) is 23.8 Å². The Kier molecular flexibility index (Phi) is 5.41. The molecule has 1 heterocycles. The number of hydrogen-bond acceptors (Lipinski definition) is 3. The number of urea groups is 1. The number of nitrogens with zero attached hydrogens (tertiary/aromatic N) is 1. The fraction of sp³-hybridized carbons (Fsp3) is 0.500. The molecule has 1 aliphatic heterocycles. The third-order valence-corrected chi connectivity index (χ3v) is 4.31. The lowest BCUT2D eigenvalue weighted by Gasteiger charge is -2.29. The Balaban J connectivity index is 1.93. The second-order valence-corrected chi connectivity index (χ2v) is 5.97. The average molecular weight is 315 g/mol. The molecule has 21 heavy (non-hydrogen) atoms. The second kappa shape index (κ2) is 7.09. The van der Waals surface area contributed by atoms with Crippen LogP contribution in [0.3, 0.4) is 0 Å². The van der Waals surface area contributed by atoms with Crippen LogP contribution >= 0.6 is 11.8 Å². The molecule has 2 rings (SSSR count). The number of likely N-dealkylation sites (tertiary alicyclic amines) is 1. The third kappa shape index (κ3) is 4.31. The average Bonchev–Trinajstić information content (AvgIpc) is 2.41. The van der Waals surface area contributed by atoms with Crippen molar-refractivity contribution >= 4 is 23.5 Å². The predicted octanol–water partition coefficient (Wildman–Crippen LogP) is 2.90. The Morgan fingerprint density at radius 2 is 1.86 bits per heavy atom. The van der Waals surface area contributed by atoms with Crippen LogP contribution in [0.15, 0.2) is 17.0 Å².